The van der Waals surface area contributed by atoms with Gasteiger partial charge in [-0.1, -0.05) is 24.2 Å². The summed E-state index contributed by atoms with van der Waals surface area (Å²) in [7, 11) is 0. The van der Waals surface area contributed by atoms with Crippen molar-refractivity contribution in [2.45, 2.75) is 26.3 Å². The normalized spacial score (nSPS) is 13.6. The molecule has 0 saturated carbocycles. The van der Waals surface area contributed by atoms with Gasteiger partial charge >= 0.3 is 0 Å². The van der Waals surface area contributed by atoms with Crippen molar-refractivity contribution in [3.8, 4) is 0 Å². The molecule has 0 radical (unpaired) electrons. The Balaban J connectivity index is 2.83. The highest BCUT2D eigenvalue weighted by Crippen LogP contribution is 2.12. The number of benzene rings is 1. The fourth-order valence-electron chi connectivity index (χ4n) is 1.21. The molecular weight excluding hydrogens is 190 g/mol. The van der Waals surface area contributed by atoms with Crippen LogP contribution in [0.5, 0.6) is 0 Å². The molecule has 0 bridgehead atoms. The zero-order valence-electron chi connectivity index (χ0n) is 9.07. The molecule has 4 heteroatoms. The fraction of sp³-hybridized carbons (Fsp3) is 0.364. The zero-order valence-corrected chi connectivity index (χ0v) is 9.07. The Kier molecular flexibility index (Phi) is 3.97. The van der Waals surface area contributed by atoms with Gasteiger partial charge in [-0.3, -0.25) is 0 Å². The molecule has 4 N–H and O–H groups in total. The number of amidine groups is 1. The number of rotatable bonds is 4. The molecule has 0 aliphatic carbocycles. The van der Waals surface area contributed by atoms with Gasteiger partial charge in [0.15, 0.2) is 5.84 Å². The van der Waals surface area contributed by atoms with E-state index in [2.05, 4.69) is 24.3 Å². The van der Waals surface area contributed by atoms with Crippen LogP contribution in [0.1, 0.15) is 25.8 Å². The highest BCUT2D eigenvalue weighted by molar-refractivity contribution is 5.97. The summed E-state index contributed by atoms with van der Waals surface area (Å²) in [5.41, 5.74) is 7.19. The SMILES string of the molecule is CC[C@H](C)Nc1cccc(C(N)=NO)c1. The quantitative estimate of drug-likeness (QED) is 0.306. The van der Waals surface area contributed by atoms with Gasteiger partial charge in [0.05, 0.1) is 0 Å². The van der Waals surface area contributed by atoms with E-state index in [0.717, 1.165) is 12.1 Å². The summed E-state index contributed by atoms with van der Waals surface area (Å²) in [6.07, 6.45) is 1.05. The molecule has 1 aromatic carbocycles. The van der Waals surface area contributed by atoms with Gasteiger partial charge in [-0.2, -0.15) is 0 Å². The van der Waals surface area contributed by atoms with Gasteiger partial charge in [0.2, 0.25) is 0 Å². The van der Waals surface area contributed by atoms with Crippen LogP contribution in [-0.4, -0.2) is 17.1 Å². The van der Waals surface area contributed by atoms with Crippen molar-refractivity contribution in [2.24, 2.45) is 10.9 Å². The smallest absolute Gasteiger partial charge is 0.170 e. The van der Waals surface area contributed by atoms with Gasteiger partial charge in [-0.25, -0.2) is 0 Å². The lowest BCUT2D eigenvalue weighted by Gasteiger charge is -2.13. The third-order valence-electron chi connectivity index (χ3n) is 2.29. The molecule has 0 unspecified atom stereocenters. The molecule has 0 spiro atoms. The highest BCUT2D eigenvalue weighted by Gasteiger charge is 2.02. The van der Waals surface area contributed by atoms with Gasteiger partial charge in [-0.05, 0) is 25.5 Å². The minimum absolute atomic E-state index is 0.128. The number of nitrogens with two attached hydrogens (primary N) is 1. The van der Waals surface area contributed by atoms with Crippen LogP contribution in [0, 0.1) is 0 Å². The van der Waals surface area contributed by atoms with Crippen LogP contribution in [0.15, 0.2) is 29.4 Å². The van der Waals surface area contributed by atoms with Crippen LogP contribution in [0.3, 0.4) is 0 Å². The van der Waals surface area contributed by atoms with Gasteiger partial charge in [0.25, 0.3) is 0 Å². The number of anilines is 1. The summed E-state index contributed by atoms with van der Waals surface area (Å²) in [6.45, 7) is 4.22. The predicted octanol–water partition coefficient (Wildman–Crippen LogP) is 1.99. The van der Waals surface area contributed by atoms with Crippen molar-refractivity contribution in [1.82, 2.24) is 0 Å². The first-order chi connectivity index (χ1) is 7.17. The molecule has 15 heavy (non-hydrogen) atoms. The number of nitrogens with zero attached hydrogens (tertiary/aromatic N) is 1. The van der Waals surface area contributed by atoms with Crippen molar-refractivity contribution in [3.63, 3.8) is 0 Å². The van der Waals surface area contributed by atoms with Gasteiger partial charge in [0, 0.05) is 17.3 Å². The van der Waals surface area contributed by atoms with E-state index in [1.165, 1.54) is 0 Å². The van der Waals surface area contributed by atoms with Crippen molar-refractivity contribution < 1.29 is 5.21 Å². The third kappa shape index (κ3) is 3.16. The van der Waals surface area contributed by atoms with Gasteiger partial charge in [0.1, 0.15) is 0 Å². The minimum atomic E-state index is 0.128. The molecule has 1 atom stereocenters. The molecule has 0 aliphatic rings. The Morgan fingerprint density at radius 2 is 2.33 bits per heavy atom. The Bertz CT molecular complexity index is 349. The lowest BCUT2D eigenvalue weighted by molar-refractivity contribution is 0.318. The molecule has 82 valence electrons. The fourth-order valence-corrected chi connectivity index (χ4v) is 1.21. The first kappa shape index (κ1) is 11.4. The predicted molar refractivity (Wildman–Crippen MR) is 62.3 cm³/mol. The van der Waals surface area contributed by atoms with Crippen LogP contribution in [-0.2, 0) is 0 Å². The van der Waals surface area contributed by atoms with E-state index < -0.39 is 0 Å². The average Bonchev–Trinajstić information content (AvgIpc) is 2.28. The second kappa shape index (κ2) is 5.24. The topological polar surface area (TPSA) is 70.6 Å². The summed E-state index contributed by atoms with van der Waals surface area (Å²) in [6, 6.07) is 7.91. The molecule has 0 fully saturated rings. The number of oxime groups is 1. The van der Waals surface area contributed by atoms with Crippen LogP contribution < -0.4 is 11.1 Å². The molecule has 0 heterocycles. The Hall–Kier alpha value is -1.71. The number of hydrogen-bond acceptors (Lipinski definition) is 3. The number of nitrogens with one attached hydrogen (secondary N) is 1. The molecule has 0 aromatic heterocycles. The maximum Gasteiger partial charge on any atom is 0.170 e. The van der Waals surface area contributed by atoms with E-state index in [9.17, 15) is 0 Å². The Morgan fingerprint density at radius 3 is 2.93 bits per heavy atom. The van der Waals surface area contributed by atoms with Crippen molar-refractivity contribution in [1.29, 1.82) is 0 Å². The lowest BCUT2D eigenvalue weighted by Crippen LogP contribution is -2.16. The first-order valence-corrected chi connectivity index (χ1v) is 5.02. The average molecular weight is 207 g/mol. The molecule has 0 saturated heterocycles. The van der Waals surface area contributed by atoms with E-state index in [1.54, 1.807) is 6.07 Å². The summed E-state index contributed by atoms with van der Waals surface area (Å²) >= 11 is 0. The van der Waals surface area contributed by atoms with E-state index in [0.29, 0.717) is 11.6 Å². The molecular formula is C11H17N3O. The van der Waals surface area contributed by atoms with Crippen LogP contribution in [0.2, 0.25) is 0 Å². The van der Waals surface area contributed by atoms with Gasteiger partial charge < -0.3 is 16.3 Å². The largest absolute Gasteiger partial charge is 0.409 e. The van der Waals surface area contributed by atoms with Crippen molar-refractivity contribution >= 4 is 11.5 Å². The summed E-state index contributed by atoms with van der Waals surface area (Å²) < 4.78 is 0. The minimum Gasteiger partial charge on any atom is -0.409 e. The molecule has 4 nitrogen and oxygen atoms in total. The van der Waals surface area contributed by atoms with Crippen LogP contribution in [0.25, 0.3) is 0 Å². The van der Waals surface area contributed by atoms with E-state index in [1.807, 2.05) is 18.2 Å². The monoisotopic (exact) mass is 207 g/mol. The molecule has 1 rings (SSSR count). The second-order valence-corrected chi connectivity index (χ2v) is 3.52. The Labute approximate surface area is 89.8 Å². The molecule has 1 aromatic rings. The van der Waals surface area contributed by atoms with E-state index in [-0.39, 0.29) is 5.84 Å². The summed E-state index contributed by atoms with van der Waals surface area (Å²) in [4.78, 5) is 0. The molecule has 0 aliphatic heterocycles. The van der Waals surface area contributed by atoms with E-state index in [4.69, 9.17) is 10.9 Å². The van der Waals surface area contributed by atoms with Crippen LogP contribution >= 0.6 is 0 Å². The zero-order chi connectivity index (χ0) is 11.3. The highest BCUT2D eigenvalue weighted by atomic mass is 16.4. The number of hydrogen-bond donors (Lipinski definition) is 3. The molecule has 0 amide bonds. The first-order valence-electron chi connectivity index (χ1n) is 5.02. The third-order valence-corrected chi connectivity index (χ3v) is 2.29. The standard InChI is InChI=1S/C11H17N3O/c1-3-8(2)13-10-6-4-5-9(7-10)11(12)14-15/h4-8,13,15H,3H2,1-2H3,(H2,12,14)/t8-/m0/s1. The summed E-state index contributed by atoms with van der Waals surface area (Å²) in [5, 5.41) is 14.8. The van der Waals surface area contributed by atoms with Crippen LogP contribution in [0.4, 0.5) is 5.69 Å². The van der Waals surface area contributed by atoms with Crippen molar-refractivity contribution in [3.05, 3.63) is 29.8 Å². The summed E-state index contributed by atoms with van der Waals surface area (Å²) in [5.74, 6) is 0.128. The second-order valence-electron chi connectivity index (χ2n) is 3.52. The maximum atomic E-state index is 8.55. The van der Waals surface area contributed by atoms with Gasteiger partial charge in [-0.15, -0.1) is 0 Å². The van der Waals surface area contributed by atoms with Crippen molar-refractivity contribution in [2.75, 3.05) is 5.32 Å². The lowest BCUT2D eigenvalue weighted by atomic mass is 10.1. The van der Waals surface area contributed by atoms with E-state index >= 15 is 0 Å². The maximum absolute atomic E-state index is 8.55. The Morgan fingerprint density at radius 1 is 1.60 bits per heavy atom.